The molecule has 0 aromatic heterocycles. The first-order valence-electron chi connectivity index (χ1n) is 8.28. The quantitative estimate of drug-likeness (QED) is 0.222. The Bertz CT molecular complexity index is 212. The highest BCUT2D eigenvalue weighted by atomic mass is 16.7. The molecule has 9 nitrogen and oxygen atoms in total. The van der Waals surface area contributed by atoms with Gasteiger partial charge in [0, 0.05) is 28.4 Å². The largest absolute Gasteiger partial charge is 0.382 e. The highest BCUT2D eigenvalue weighted by Gasteiger charge is 2.14. The summed E-state index contributed by atoms with van der Waals surface area (Å²) in [6, 6.07) is 0. The highest BCUT2D eigenvalue weighted by molar-refractivity contribution is 4.48. The molecule has 0 saturated carbocycles. The zero-order valence-corrected chi connectivity index (χ0v) is 15.9. The summed E-state index contributed by atoms with van der Waals surface area (Å²) in [6.45, 7) is 4.05. The van der Waals surface area contributed by atoms with Crippen molar-refractivity contribution in [2.45, 2.75) is 12.6 Å². The van der Waals surface area contributed by atoms with Crippen molar-refractivity contribution in [3.63, 3.8) is 0 Å². The van der Waals surface area contributed by atoms with Crippen molar-refractivity contribution >= 4 is 0 Å². The second kappa shape index (κ2) is 20.0. The Kier molecular flexibility index (Phi) is 19.7. The normalized spacial score (nSPS) is 11.8. The Balaban J connectivity index is 4.13. The van der Waals surface area contributed by atoms with Crippen molar-refractivity contribution in [2.75, 3.05) is 94.5 Å². The molecule has 0 fully saturated rings. The van der Waals surface area contributed by atoms with Gasteiger partial charge in [-0.1, -0.05) is 0 Å². The smallest absolute Gasteiger partial charge is 0.181 e. The number of hydrogen-bond donors (Lipinski definition) is 0. The minimum atomic E-state index is -0.510. The molecular formula is C16H34O9. The number of hydrogen-bond acceptors (Lipinski definition) is 9. The van der Waals surface area contributed by atoms with Gasteiger partial charge in [0.2, 0.25) is 0 Å². The van der Waals surface area contributed by atoms with Crippen LogP contribution in [-0.4, -0.2) is 107 Å². The van der Waals surface area contributed by atoms with Crippen LogP contribution in [0.1, 0.15) is 0 Å². The molecule has 0 aliphatic heterocycles. The predicted molar refractivity (Wildman–Crippen MR) is 89.7 cm³/mol. The van der Waals surface area contributed by atoms with Gasteiger partial charge in [0.25, 0.3) is 0 Å². The van der Waals surface area contributed by atoms with Crippen LogP contribution in [-0.2, 0) is 42.6 Å². The van der Waals surface area contributed by atoms with Crippen LogP contribution in [0.4, 0.5) is 0 Å². The fourth-order valence-electron chi connectivity index (χ4n) is 1.60. The molecule has 0 saturated heterocycles. The summed E-state index contributed by atoms with van der Waals surface area (Å²) in [5, 5.41) is 0. The minimum Gasteiger partial charge on any atom is -0.382 e. The Morgan fingerprint density at radius 2 is 0.720 bits per heavy atom. The van der Waals surface area contributed by atoms with Gasteiger partial charge in [-0.3, -0.25) is 0 Å². The summed E-state index contributed by atoms with van der Waals surface area (Å²) in [4.78, 5) is 0. The lowest BCUT2D eigenvalue weighted by atomic mass is 10.6. The fraction of sp³-hybridized carbons (Fsp3) is 1.00. The molecule has 0 radical (unpaired) electrons. The summed E-state index contributed by atoms with van der Waals surface area (Å²) < 4.78 is 47.7. The maximum absolute atomic E-state index is 5.62. The van der Waals surface area contributed by atoms with Gasteiger partial charge in [-0.15, -0.1) is 0 Å². The van der Waals surface area contributed by atoms with Crippen molar-refractivity contribution in [3.8, 4) is 0 Å². The van der Waals surface area contributed by atoms with Gasteiger partial charge in [0.15, 0.2) is 12.6 Å². The first kappa shape index (κ1) is 24.6. The van der Waals surface area contributed by atoms with E-state index in [1.54, 1.807) is 28.4 Å². The third kappa shape index (κ3) is 16.8. The summed E-state index contributed by atoms with van der Waals surface area (Å²) in [7, 11) is 6.44. The van der Waals surface area contributed by atoms with E-state index in [4.69, 9.17) is 42.6 Å². The Morgan fingerprint density at radius 1 is 0.440 bits per heavy atom. The molecule has 0 amide bonds. The lowest BCUT2D eigenvalue weighted by Crippen LogP contribution is -2.31. The lowest BCUT2D eigenvalue weighted by Gasteiger charge is -2.22. The number of rotatable bonds is 20. The summed E-state index contributed by atoms with van der Waals surface area (Å²) in [5.74, 6) is 0. The van der Waals surface area contributed by atoms with E-state index in [2.05, 4.69) is 0 Å². The second-order valence-corrected chi connectivity index (χ2v) is 4.85. The molecule has 152 valence electrons. The molecule has 0 N–H and O–H groups in total. The maximum Gasteiger partial charge on any atom is 0.181 e. The zero-order valence-electron chi connectivity index (χ0n) is 15.9. The first-order chi connectivity index (χ1) is 12.3. The van der Waals surface area contributed by atoms with Crippen molar-refractivity contribution < 1.29 is 42.6 Å². The van der Waals surface area contributed by atoms with Gasteiger partial charge in [-0.25, -0.2) is 0 Å². The van der Waals surface area contributed by atoms with Gasteiger partial charge in [0.1, 0.15) is 0 Å². The van der Waals surface area contributed by atoms with Crippen LogP contribution in [0.25, 0.3) is 0 Å². The Morgan fingerprint density at radius 3 is 0.960 bits per heavy atom. The van der Waals surface area contributed by atoms with Crippen molar-refractivity contribution in [1.29, 1.82) is 0 Å². The molecule has 9 heteroatoms. The third-order valence-electron chi connectivity index (χ3n) is 2.87. The highest BCUT2D eigenvalue weighted by Crippen LogP contribution is 2.01. The Hall–Kier alpha value is -0.360. The van der Waals surface area contributed by atoms with Gasteiger partial charge in [-0.05, 0) is 0 Å². The minimum absolute atomic E-state index is 0.241. The molecule has 0 aromatic rings. The summed E-state index contributed by atoms with van der Waals surface area (Å²) >= 11 is 0. The van der Waals surface area contributed by atoms with E-state index in [1.165, 1.54) is 0 Å². The third-order valence-corrected chi connectivity index (χ3v) is 2.87. The summed E-state index contributed by atoms with van der Waals surface area (Å²) in [6.07, 6.45) is -1.02. The molecule has 25 heavy (non-hydrogen) atoms. The SMILES string of the molecule is COCCOC(COCC(OCCOC)OCCOC)OCCOC. The van der Waals surface area contributed by atoms with Gasteiger partial charge in [0.05, 0.1) is 66.1 Å². The van der Waals surface area contributed by atoms with E-state index in [-0.39, 0.29) is 13.2 Å². The van der Waals surface area contributed by atoms with E-state index < -0.39 is 12.6 Å². The van der Waals surface area contributed by atoms with Crippen LogP contribution in [0.2, 0.25) is 0 Å². The van der Waals surface area contributed by atoms with Crippen LogP contribution in [0.3, 0.4) is 0 Å². The van der Waals surface area contributed by atoms with Crippen molar-refractivity contribution in [2.24, 2.45) is 0 Å². The fourth-order valence-corrected chi connectivity index (χ4v) is 1.60. The molecule has 0 aliphatic rings. The van der Waals surface area contributed by atoms with Crippen LogP contribution in [0.5, 0.6) is 0 Å². The molecule has 0 aliphatic carbocycles. The first-order valence-corrected chi connectivity index (χ1v) is 8.28. The second-order valence-electron chi connectivity index (χ2n) is 4.85. The molecule has 0 spiro atoms. The standard InChI is InChI=1S/C16H34O9/c1-17-5-9-22-15(23-10-6-18-2)13-21-14-16(24-11-7-19-3)25-12-8-20-4/h15-16H,5-14H2,1-4H3. The van der Waals surface area contributed by atoms with Gasteiger partial charge in [-0.2, -0.15) is 0 Å². The van der Waals surface area contributed by atoms with E-state index in [1.807, 2.05) is 0 Å². The molecule has 0 aromatic carbocycles. The molecular weight excluding hydrogens is 336 g/mol. The van der Waals surface area contributed by atoms with Crippen LogP contribution >= 0.6 is 0 Å². The molecule has 0 unspecified atom stereocenters. The van der Waals surface area contributed by atoms with E-state index in [0.717, 1.165) is 0 Å². The van der Waals surface area contributed by atoms with E-state index in [0.29, 0.717) is 52.9 Å². The van der Waals surface area contributed by atoms with E-state index in [9.17, 15) is 0 Å². The van der Waals surface area contributed by atoms with Crippen molar-refractivity contribution in [1.82, 2.24) is 0 Å². The predicted octanol–water partition coefficient (Wildman–Crippen LogP) is 0.307. The van der Waals surface area contributed by atoms with Crippen LogP contribution < -0.4 is 0 Å². The van der Waals surface area contributed by atoms with Gasteiger partial charge < -0.3 is 42.6 Å². The van der Waals surface area contributed by atoms with Crippen molar-refractivity contribution in [3.05, 3.63) is 0 Å². The Labute approximate surface area is 150 Å². The van der Waals surface area contributed by atoms with Crippen LogP contribution in [0, 0.1) is 0 Å². The average molecular weight is 370 g/mol. The molecule has 0 bridgehead atoms. The monoisotopic (exact) mass is 370 g/mol. The van der Waals surface area contributed by atoms with E-state index >= 15 is 0 Å². The lowest BCUT2D eigenvalue weighted by molar-refractivity contribution is -0.213. The van der Waals surface area contributed by atoms with Gasteiger partial charge >= 0.3 is 0 Å². The molecule has 0 rings (SSSR count). The number of methoxy groups -OCH3 is 4. The molecule has 0 heterocycles. The summed E-state index contributed by atoms with van der Waals surface area (Å²) in [5.41, 5.74) is 0. The molecule has 0 atom stereocenters. The number of ether oxygens (including phenoxy) is 9. The average Bonchev–Trinajstić information content (AvgIpc) is 2.61. The zero-order chi connectivity index (χ0) is 18.6. The topological polar surface area (TPSA) is 83.1 Å². The van der Waals surface area contributed by atoms with Crippen LogP contribution in [0.15, 0.2) is 0 Å². The maximum atomic E-state index is 5.62.